The molecule has 152 valence electrons. The standard InChI is InChI=1S/C19H24ClN3O4S/c1-3-14(2)18-16(13-28(20,25)26)23-10-9-22(11-17(23)21-18)19(24)27-12-15-7-5-4-6-8-15/h4-8,14H,3,9-13H2,1-2H3/t14-/m0/s1. The Morgan fingerprint density at radius 3 is 2.64 bits per heavy atom. The molecule has 0 unspecified atom stereocenters. The van der Waals surface area contributed by atoms with Gasteiger partial charge in [-0.3, -0.25) is 4.90 Å². The van der Waals surface area contributed by atoms with Gasteiger partial charge in [0.1, 0.15) is 18.2 Å². The Bertz CT molecular complexity index is 944. The van der Waals surface area contributed by atoms with Crippen LogP contribution in [0, 0.1) is 0 Å². The molecule has 0 saturated carbocycles. The van der Waals surface area contributed by atoms with Gasteiger partial charge in [0, 0.05) is 23.8 Å². The van der Waals surface area contributed by atoms with Gasteiger partial charge in [0.15, 0.2) is 0 Å². The number of amides is 1. The molecule has 0 bridgehead atoms. The molecule has 0 N–H and O–H groups in total. The SMILES string of the molecule is CC[C@H](C)c1nc2n(c1CS(=O)(=O)Cl)CCN(C(=O)OCc1ccccc1)C2. The second-order valence-electron chi connectivity index (χ2n) is 6.97. The van der Waals surface area contributed by atoms with E-state index in [9.17, 15) is 13.2 Å². The fourth-order valence-corrected chi connectivity index (χ4v) is 4.22. The van der Waals surface area contributed by atoms with Crippen molar-refractivity contribution in [2.24, 2.45) is 0 Å². The van der Waals surface area contributed by atoms with Crippen molar-refractivity contribution in [1.82, 2.24) is 14.5 Å². The molecule has 0 spiro atoms. The Balaban J connectivity index is 1.76. The summed E-state index contributed by atoms with van der Waals surface area (Å²) in [6.07, 6.45) is 0.420. The highest BCUT2D eigenvalue weighted by atomic mass is 35.7. The van der Waals surface area contributed by atoms with Crippen LogP contribution in [-0.4, -0.2) is 35.5 Å². The van der Waals surface area contributed by atoms with Crippen molar-refractivity contribution in [1.29, 1.82) is 0 Å². The summed E-state index contributed by atoms with van der Waals surface area (Å²) in [5, 5.41) is 0. The monoisotopic (exact) mass is 425 g/mol. The molecule has 28 heavy (non-hydrogen) atoms. The minimum Gasteiger partial charge on any atom is -0.445 e. The number of carbonyl (C=O) groups is 1. The first kappa shape index (κ1) is 20.7. The average Bonchev–Trinajstić information content (AvgIpc) is 3.02. The third-order valence-electron chi connectivity index (χ3n) is 4.96. The lowest BCUT2D eigenvalue weighted by Crippen LogP contribution is -2.39. The van der Waals surface area contributed by atoms with Gasteiger partial charge in [-0.05, 0) is 17.9 Å². The number of hydrogen-bond acceptors (Lipinski definition) is 5. The van der Waals surface area contributed by atoms with E-state index in [1.54, 1.807) is 4.90 Å². The van der Waals surface area contributed by atoms with E-state index in [1.807, 2.05) is 48.7 Å². The first-order valence-electron chi connectivity index (χ1n) is 9.24. The smallest absolute Gasteiger partial charge is 0.410 e. The number of benzene rings is 1. The normalized spacial score (nSPS) is 15.2. The summed E-state index contributed by atoms with van der Waals surface area (Å²) in [6, 6.07) is 9.48. The number of hydrogen-bond donors (Lipinski definition) is 0. The van der Waals surface area contributed by atoms with Gasteiger partial charge in [-0.25, -0.2) is 18.2 Å². The van der Waals surface area contributed by atoms with E-state index in [2.05, 4.69) is 4.98 Å². The number of imidazole rings is 1. The Hall–Kier alpha value is -2.06. The van der Waals surface area contributed by atoms with Gasteiger partial charge in [-0.2, -0.15) is 0 Å². The molecule has 0 fully saturated rings. The molecule has 1 aliphatic heterocycles. The van der Waals surface area contributed by atoms with Gasteiger partial charge < -0.3 is 9.30 Å². The van der Waals surface area contributed by atoms with Crippen molar-refractivity contribution < 1.29 is 17.9 Å². The highest BCUT2D eigenvalue weighted by Gasteiger charge is 2.29. The minimum absolute atomic E-state index is 0.102. The predicted octanol–water partition coefficient (Wildman–Crippen LogP) is 3.62. The third kappa shape index (κ3) is 4.86. The Labute approximate surface area is 169 Å². The van der Waals surface area contributed by atoms with Gasteiger partial charge in [-0.15, -0.1) is 0 Å². The van der Waals surface area contributed by atoms with Crippen LogP contribution >= 0.6 is 10.7 Å². The number of rotatable bonds is 6. The molecular weight excluding hydrogens is 402 g/mol. The maximum atomic E-state index is 12.4. The maximum Gasteiger partial charge on any atom is 0.410 e. The zero-order valence-electron chi connectivity index (χ0n) is 16.0. The van der Waals surface area contributed by atoms with Crippen molar-refractivity contribution in [3.05, 3.63) is 53.1 Å². The van der Waals surface area contributed by atoms with Crippen molar-refractivity contribution >= 4 is 25.8 Å². The molecule has 1 aromatic carbocycles. The molecule has 0 saturated heterocycles. The van der Waals surface area contributed by atoms with E-state index in [-0.39, 0.29) is 24.8 Å². The van der Waals surface area contributed by atoms with Crippen LogP contribution in [0.15, 0.2) is 30.3 Å². The number of ether oxygens (including phenoxy) is 1. The molecule has 1 amide bonds. The summed E-state index contributed by atoms with van der Waals surface area (Å²) >= 11 is 0. The van der Waals surface area contributed by atoms with E-state index in [0.717, 1.165) is 17.7 Å². The van der Waals surface area contributed by atoms with Gasteiger partial charge in [0.25, 0.3) is 0 Å². The second-order valence-corrected chi connectivity index (χ2v) is 9.74. The molecule has 2 aromatic rings. The summed E-state index contributed by atoms with van der Waals surface area (Å²) < 4.78 is 30.6. The molecule has 3 rings (SSSR count). The van der Waals surface area contributed by atoms with E-state index >= 15 is 0 Å². The highest BCUT2D eigenvalue weighted by molar-refractivity contribution is 8.13. The average molecular weight is 426 g/mol. The van der Waals surface area contributed by atoms with Gasteiger partial charge >= 0.3 is 6.09 Å². The summed E-state index contributed by atoms with van der Waals surface area (Å²) in [5.74, 6) is 0.498. The van der Waals surface area contributed by atoms with E-state index in [1.165, 1.54) is 0 Å². The lowest BCUT2D eigenvalue weighted by Gasteiger charge is -2.27. The molecule has 0 radical (unpaired) electrons. The molecule has 2 heterocycles. The summed E-state index contributed by atoms with van der Waals surface area (Å²) in [7, 11) is 1.80. The molecule has 1 aromatic heterocycles. The Kier molecular flexibility index (Phi) is 6.30. The minimum atomic E-state index is -3.71. The van der Waals surface area contributed by atoms with Crippen LogP contribution in [0.4, 0.5) is 4.79 Å². The summed E-state index contributed by atoms with van der Waals surface area (Å²) in [5.41, 5.74) is 2.28. The number of nitrogens with zero attached hydrogens (tertiary/aromatic N) is 3. The van der Waals surface area contributed by atoms with Crippen LogP contribution in [0.1, 0.15) is 49.0 Å². The summed E-state index contributed by atoms with van der Waals surface area (Å²) in [6.45, 7) is 5.39. The number of halogens is 1. The Morgan fingerprint density at radius 2 is 2.00 bits per heavy atom. The van der Waals surface area contributed by atoms with Crippen LogP contribution in [0.2, 0.25) is 0 Å². The quantitative estimate of drug-likeness (QED) is 0.660. The fourth-order valence-electron chi connectivity index (χ4n) is 3.28. The molecular formula is C19H24ClN3O4S. The Morgan fingerprint density at radius 1 is 1.29 bits per heavy atom. The zero-order chi connectivity index (χ0) is 20.3. The van der Waals surface area contributed by atoms with Crippen LogP contribution in [0.25, 0.3) is 0 Å². The largest absolute Gasteiger partial charge is 0.445 e. The lowest BCUT2D eigenvalue weighted by atomic mass is 10.0. The van der Waals surface area contributed by atoms with Crippen molar-refractivity contribution in [3.63, 3.8) is 0 Å². The molecule has 9 heteroatoms. The van der Waals surface area contributed by atoms with Crippen LogP contribution < -0.4 is 0 Å². The zero-order valence-corrected chi connectivity index (χ0v) is 17.5. The molecule has 1 atom stereocenters. The topological polar surface area (TPSA) is 81.5 Å². The molecule has 0 aliphatic carbocycles. The van der Waals surface area contributed by atoms with Crippen LogP contribution in [0.3, 0.4) is 0 Å². The van der Waals surface area contributed by atoms with E-state index < -0.39 is 15.1 Å². The van der Waals surface area contributed by atoms with Gasteiger partial charge in [0.2, 0.25) is 9.05 Å². The van der Waals surface area contributed by atoms with Gasteiger partial charge in [0.05, 0.1) is 17.9 Å². The fraction of sp³-hybridized carbons (Fsp3) is 0.474. The second kappa shape index (κ2) is 8.53. The molecule has 1 aliphatic rings. The van der Waals surface area contributed by atoms with Crippen molar-refractivity contribution in [3.8, 4) is 0 Å². The van der Waals surface area contributed by atoms with E-state index in [0.29, 0.717) is 24.6 Å². The number of fused-ring (bicyclic) bond motifs is 1. The van der Waals surface area contributed by atoms with E-state index in [4.69, 9.17) is 15.4 Å². The van der Waals surface area contributed by atoms with Crippen LogP contribution in [-0.2, 0) is 39.2 Å². The number of carbonyl (C=O) groups excluding carboxylic acids is 1. The van der Waals surface area contributed by atoms with Crippen molar-refractivity contribution in [2.45, 2.75) is 51.6 Å². The van der Waals surface area contributed by atoms with Gasteiger partial charge in [-0.1, -0.05) is 44.2 Å². The first-order valence-corrected chi connectivity index (χ1v) is 11.7. The van der Waals surface area contributed by atoms with Crippen LogP contribution in [0.5, 0.6) is 0 Å². The lowest BCUT2D eigenvalue weighted by molar-refractivity contribution is 0.0860. The summed E-state index contributed by atoms with van der Waals surface area (Å²) in [4.78, 5) is 18.7. The number of aromatic nitrogens is 2. The van der Waals surface area contributed by atoms with Crippen molar-refractivity contribution in [2.75, 3.05) is 6.54 Å². The molecule has 7 nitrogen and oxygen atoms in total. The third-order valence-corrected chi connectivity index (χ3v) is 5.91. The predicted molar refractivity (Wildman–Crippen MR) is 106 cm³/mol. The highest BCUT2D eigenvalue weighted by Crippen LogP contribution is 2.28. The first-order chi connectivity index (χ1) is 13.3. The maximum absolute atomic E-state index is 12.4.